The van der Waals surface area contributed by atoms with Crippen molar-refractivity contribution in [3.8, 4) is 0 Å². The number of carbonyl (C=O) groups is 1. The van der Waals surface area contributed by atoms with E-state index in [1.165, 1.54) is 6.07 Å². The zero-order valence-electron chi connectivity index (χ0n) is 12.4. The van der Waals surface area contributed by atoms with Crippen LogP contribution >= 0.6 is 0 Å². The van der Waals surface area contributed by atoms with Crippen LogP contribution in [0.5, 0.6) is 0 Å². The number of para-hydroxylation sites is 1. The average molecular weight is 298 g/mol. The molecule has 0 bridgehead atoms. The summed E-state index contributed by atoms with van der Waals surface area (Å²) < 4.78 is 0. The first-order valence-electron chi connectivity index (χ1n) is 7.12. The first-order chi connectivity index (χ1) is 10.6. The van der Waals surface area contributed by atoms with Crippen LogP contribution < -0.4 is 5.32 Å². The van der Waals surface area contributed by atoms with Crippen molar-refractivity contribution in [1.82, 2.24) is 5.32 Å². The van der Waals surface area contributed by atoms with Crippen LogP contribution in [0, 0.1) is 10.1 Å². The summed E-state index contributed by atoms with van der Waals surface area (Å²) in [5.41, 5.74) is 1.56. The lowest BCUT2D eigenvalue weighted by Gasteiger charge is -2.13. The lowest BCUT2D eigenvalue weighted by atomic mass is 10.0. The average Bonchev–Trinajstić information content (AvgIpc) is 2.53. The van der Waals surface area contributed by atoms with Crippen molar-refractivity contribution in [3.63, 3.8) is 0 Å². The van der Waals surface area contributed by atoms with Crippen LogP contribution in [-0.2, 0) is 11.2 Å². The monoisotopic (exact) mass is 298 g/mol. The van der Waals surface area contributed by atoms with Crippen molar-refractivity contribution in [2.45, 2.75) is 19.3 Å². The SMILES string of the molecule is CC(CNC(=O)Cc1ccccc1[N+](=O)[O-])c1ccccc1. The number of nitrogens with zero attached hydrogens (tertiary/aromatic N) is 1. The molecule has 22 heavy (non-hydrogen) atoms. The molecule has 0 aliphatic heterocycles. The van der Waals surface area contributed by atoms with E-state index in [9.17, 15) is 14.9 Å². The molecule has 0 spiro atoms. The van der Waals surface area contributed by atoms with Gasteiger partial charge >= 0.3 is 0 Å². The summed E-state index contributed by atoms with van der Waals surface area (Å²) in [5.74, 6) is -0.0204. The molecule has 0 fully saturated rings. The van der Waals surface area contributed by atoms with Gasteiger partial charge in [-0.15, -0.1) is 0 Å². The minimum atomic E-state index is -0.463. The van der Waals surface area contributed by atoms with Crippen molar-refractivity contribution in [3.05, 3.63) is 75.8 Å². The maximum Gasteiger partial charge on any atom is 0.273 e. The van der Waals surface area contributed by atoms with E-state index in [1.807, 2.05) is 37.3 Å². The molecule has 2 aromatic rings. The van der Waals surface area contributed by atoms with Crippen LogP contribution in [0.2, 0.25) is 0 Å². The van der Waals surface area contributed by atoms with Gasteiger partial charge in [-0.05, 0) is 11.5 Å². The first kappa shape index (κ1) is 15.7. The Bertz CT molecular complexity index is 656. The van der Waals surface area contributed by atoms with E-state index < -0.39 is 4.92 Å². The third kappa shape index (κ3) is 4.15. The molecule has 2 aromatic carbocycles. The Hall–Kier alpha value is -2.69. The quantitative estimate of drug-likeness (QED) is 0.658. The Morgan fingerprint density at radius 1 is 1.14 bits per heavy atom. The second-order valence-electron chi connectivity index (χ2n) is 5.18. The van der Waals surface area contributed by atoms with Crippen molar-refractivity contribution in [1.29, 1.82) is 0 Å². The van der Waals surface area contributed by atoms with Crippen LogP contribution in [0.3, 0.4) is 0 Å². The van der Waals surface area contributed by atoms with Crippen molar-refractivity contribution in [2.24, 2.45) is 0 Å². The number of nitro benzene ring substituents is 1. The minimum Gasteiger partial charge on any atom is -0.355 e. The summed E-state index contributed by atoms with van der Waals surface area (Å²) in [6.45, 7) is 2.53. The molecular weight excluding hydrogens is 280 g/mol. The van der Waals surface area contributed by atoms with Crippen LogP contribution in [0.4, 0.5) is 5.69 Å². The zero-order valence-corrected chi connectivity index (χ0v) is 12.4. The highest BCUT2D eigenvalue weighted by molar-refractivity contribution is 5.79. The molecule has 1 atom stereocenters. The number of carbonyl (C=O) groups excluding carboxylic acids is 1. The normalized spacial score (nSPS) is 11.7. The minimum absolute atomic E-state index is 0.0126. The summed E-state index contributed by atoms with van der Waals surface area (Å²) in [5, 5.41) is 13.8. The van der Waals surface area contributed by atoms with E-state index in [0.717, 1.165) is 5.56 Å². The van der Waals surface area contributed by atoms with Gasteiger partial charge in [0.1, 0.15) is 0 Å². The fourth-order valence-corrected chi connectivity index (χ4v) is 2.24. The van der Waals surface area contributed by atoms with E-state index in [-0.39, 0.29) is 23.9 Å². The Morgan fingerprint density at radius 2 is 1.77 bits per heavy atom. The Labute approximate surface area is 129 Å². The molecule has 0 aliphatic carbocycles. The van der Waals surface area contributed by atoms with Gasteiger partial charge < -0.3 is 5.32 Å². The van der Waals surface area contributed by atoms with Gasteiger partial charge in [0.05, 0.1) is 11.3 Å². The van der Waals surface area contributed by atoms with Crippen molar-refractivity contribution in [2.75, 3.05) is 6.54 Å². The lowest BCUT2D eigenvalue weighted by molar-refractivity contribution is -0.385. The largest absolute Gasteiger partial charge is 0.355 e. The number of amides is 1. The topological polar surface area (TPSA) is 72.2 Å². The number of nitrogens with one attached hydrogen (secondary N) is 1. The molecule has 0 aromatic heterocycles. The van der Waals surface area contributed by atoms with E-state index >= 15 is 0 Å². The second-order valence-corrected chi connectivity index (χ2v) is 5.18. The second kappa shape index (κ2) is 7.36. The van der Waals surface area contributed by atoms with E-state index in [1.54, 1.807) is 18.2 Å². The number of hydrogen-bond acceptors (Lipinski definition) is 3. The molecule has 114 valence electrons. The summed E-state index contributed by atoms with van der Waals surface area (Å²) in [7, 11) is 0. The molecule has 1 N–H and O–H groups in total. The zero-order chi connectivity index (χ0) is 15.9. The van der Waals surface area contributed by atoms with Gasteiger partial charge in [0.15, 0.2) is 0 Å². The van der Waals surface area contributed by atoms with Gasteiger partial charge in [0, 0.05) is 18.2 Å². The Balaban J connectivity index is 1.93. The molecule has 1 amide bonds. The predicted molar refractivity (Wildman–Crippen MR) is 84.7 cm³/mol. The van der Waals surface area contributed by atoms with Gasteiger partial charge in [-0.1, -0.05) is 55.5 Å². The van der Waals surface area contributed by atoms with E-state index in [0.29, 0.717) is 12.1 Å². The van der Waals surface area contributed by atoms with Gasteiger partial charge in [0.2, 0.25) is 5.91 Å². The summed E-state index contributed by atoms with van der Waals surface area (Å²) in [6, 6.07) is 16.2. The number of nitro groups is 1. The maximum absolute atomic E-state index is 12.0. The summed E-state index contributed by atoms with van der Waals surface area (Å²) in [6.07, 6.45) is 0.0126. The van der Waals surface area contributed by atoms with Crippen molar-refractivity contribution < 1.29 is 9.72 Å². The maximum atomic E-state index is 12.0. The third-order valence-electron chi connectivity index (χ3n) is 3.51. The highest BCUT2D eigenvalue weighted by atomic mass is 16.6. The van der Waals surface area contributed by atoms with Crippen LogP contribution in [-0.4, -0.2) is 17.4 Å². The summed E-state index contributed by atoms with van der Waals surface area (Å²) in [4.78, 5) is 22.5. The van der Waals surface area contributed by atoms with E-state index in [4.69, 9.17) is 0 Å². The predicted octanol–water partition coefficient (Wildman–Crippen LogP) is 3.06. The Kier molecular flexibility index (Phi) is 5.25. The highest BCUT2D eigenvalue weighted by Gasteiger charge is 2.15. The molecule has 0 saturated heterocycles. The van der Waals surface area contributed by atoms with Gasteiger partial charge in [0.25, 0.3) is 5.69 Å². The molecular formula is C17H18N2O3. The smallest absolute Gasteiger partial charge is 0.273 e. The number of rotatable bonds is 6. The van der Waals surface area contributed by atoms with Crippen molar-refractivity contribution >= 4 is 11.6 Å². The molecule has 0 heterocycles. The third-order valence-corrected chi connectivity index (χ3v) is 3.51. The molecule has 2 rings (SSSR count). The number of benzene rings is 2. The van der Waals surface area contributed by atoms with Crippen LogP contribution in [0.15, 0.2) is 54.6 Å². The van der Waals surface area contributed by atoms with Crippen LogP contribution in [0.25, 0.3) is 0 Å². The molecule has 5 nitrogen and oxygen atoms in total. The Morgan fingerprint density at radius 3 is 2.45 bits per heavy atom. The fourth-order valence-electron chi connectivity index (χ4n) is 2.24. The molecule has 5 heteroatoms. The van der Waals surface area contributed by atoms with Gasteiger partial charge in [-0.2, -0.15) is 0 Å². The van der Waals surface area contributed by atoms with Gasteiger partial charge in [-0.3, -0.25) is 14.9 Å². The van der Waals surface area contributed by atoms with E-state index in [2.05, 4.69) is 5.32 Å². The highest BCUT2D eigenvalue weighted by Crippen LogP contribution is 2.18. The molecule has 0 aliphatic rings. The standard InChI is InChI=1S/C17H18N2O3/c1-13(14-7-3-2-4-8-14)12-18-17(20)11-15-9-5-6-10-16(15)19(21)22/h2-10,13H,11-12H2,1H3,(H,18,20). The molecule has 1 unspecified atom stereocenters. The summed E-state index contributed by atoms with van der Waals surface area (Å²) >= 11 is 0. The fraction of sp³-hybridized carbons (Fsp3) is 0.235. The van der Waals surface area contributed by atoms with Crippen LogP contribution in [0.1, 0.15) is 24.0 Å². The molecule has 0 saturated carbocycles. The first-order valence-corrected chi connectivity index (χ1v) is 7.12. The number of hydrogen-bond donors (Lipinski definition) is 1. The molecule has 0 radical (unpaired) electrons. The van der Waals surface area contributed by atoms with Gasteiger partial charge in [-0.25, -0.2) is 0 Å². The lowest BCUT2D eigenvalue weighted by Crippen LogP contribution is -2.29.